The van der Waals surface area contributed by atoms with Crippen LogP contribution in [0.3, 0.4) is 0 Å². The maximum Gasteiger partial charge on any atom is 0.0624 e. The summed E-state index contributed by atoms with van der Waals surface area (Å²) in [6.07, 6.45) is 0. The van der Waals surface area contributed by atoms with Gasteiger partial charge in [-0.3, -0.25) is 4.21 Å². The van der Waals surface area contributed by atoms with Gasteiger partial charge in [-0.2, -0.15) is 0 Å². The molecule has 0 bridgehead atoms. The number of likely N-dealkylation sites (N-methyl/N-ethyl adjacent to an activating group) is 1. The molecule has 2 atom stereocenters. The molecule has 1 aromatic carbocycles. The zero-order chi connectivity index (χ0) is 12.7. The third kappa shape index (κ3) is 4.98. The molecule has 0 amide bonds. The van der Waals surface area contributed by atoms with Crippen LogP contribution >= 0.6 is 0 Å². The zero-order valence-electron chi connectivity index (χ0n) is 10.7. The van der Waals surface area contributed by atoms with Crippen molar-refractivity contribution < 1.29 is 8.95 Å². The Balaban J connectivity index is 2.52. The van der Waals surface area contributed by atoms with Gasteiger partial charge < -0.3 is 10.1 Å². The Bertz CT molecular complexity index is 368. The molecule has 4 heteroatoms. The molecule has 0 radical (unpaired) electrons. The number of hydrogen-bond acceptors (Lipinski definition) is 3. The van der Waals surface area contributed by atoms with Crippen LogP contribution in [0.2, 0.25) is 0 Å². The van der Waals surface area contributed by atoms with Crippen LogP contribution in [-0.2, 0) is 21.3 Å². The van der Waals surface area contributed by atoms with Crippen molar-refractivity contribution in [1.82, 2.24) is 5.32 Å². The van der Waals surface area contributed by atoms with Gasteiger partial charge >= 0.3 is 0 Å². The van der Waals surface area contributed by atoms with Crippen LogP contribution in [0.5, 0.6) is 0 Å². The number of ether oxygens (including phenoxy) is 1. The van der Waals surface area contributed by atoms with Gasteiger partial charge in [0.1, 0.15) is 0 Å². The minimum absolute atomic E-state index is 0.157. The average molecular weight is 255 g/mol. The van der Waals surface area contributed by atoms with E-state index in [1.165, 1.54) is 5.56 Å². The Hall–Kier alpha value is -0.710. The molecule has 17 heavy (non-hydrogen) atoms. The molecule has 0 aromatic heterocycles. The molecule has 0 heterocycles. The van der Waals surface area contributed by atoms with E-state index < -0.39 is 10.8 Å². The molecule has 0 fully saturated rings. The summed E-state index contributed by atoms with van der Waals surface area (Å²) in [4.78, 5) is 0. The van der Waals surface area contributed by atoms with E-state index in [9.17, 15) is 4.21 Å². The largest absolute Gasteiger partial charge is 0.383 e. The normalized spacial score (nSPS) is 14.5. The van der Waals surface area contributed by atoms with Gasteiger partial charge in [-0.25, -0.2) is 0 Å². The number of rotatable bonds is 7. The van der Waals surface area contributed by atoms with Crippen LogP contribution < -0.4 is 5.32 Å². The predicted octanol–water partition coefficient (Wildman–Crippen LogP) is 1.48. The van der Waals surface area contributed by atoms with E-state index in [1.54, 1.807) is 7.11 Å². The van der Waals surface area contributed by atoms with Crippen molar-refractivity contribution >= 4 is 10.8 Å². The third-order valence-corrected chi connectivity index (χ3v) is 4.15. The fourth-order valence-corrected chi connectivity index (χ4v) is 3.15. The van der Waals surface area contributed by atoms with Crippen molar-refractivity contribution in [1.29, 1.82) is 0 Å². The fraction of sp³-hybridized carbons (Fsp3) is 0.538. The molecule has 0 saturated carbocycles. The molecule has 0 spiro atoms. The maximum absolute atomic E-state index is 12.0. The minimum atomic E-state index is -0.855. The van der Waals surface area contributed by atoms with Crippen molar-refractivity contribution in [3.63, 3.8) is 0 Å². The van der Waals surface area contributed by atoms with E-state index in [1.807, 2.05) is 25.2 Å². The Morgan fingerprint density at radius 1 is 1.41 bits per heavy atom. The van der Waals surface area contributed by atoms with Crippen LogP contribution in [0.15, 0.2) is 24.3 Å². The van der Waals surface area contributed by atoms with Gasteiger partial charge in [0.05, 0.1) is 6.61 Å². The van der Waals surface area contributed by atoms with Crippen LogP contribution in [-0.4, -0.2) is 36.8 Å². The van der Waals surface area contributed by atoms with Gasteiger partial charge in [0.15, 0.2) is 0 Å². The number of methoxy groups -OCH3 is 1. The quantitative estimate of drug-likeness (QED) is 0.802. The summed E-state index contributed by atoms with van der Waals surface area (Å²) in [6, 6.07) is 8.24. The lowest BCUT2D eigenvalue weighted by molar-refractivity contribution is 0.176. The molecule has 1 rings (SSSR count). The van der Waals surface area contributed by atoms with Crippen LogP contribution in [0.4, 0.5) is 0 Å². The van der Waals surface area contributed by atoms with Crippen LogP contribution in [0, 0.1) is 6.92 Å². The molecular formula is C13H21NO2S. The van der Waals surface area contributed by atoms with Crippen LogP contribution in [0.1, 0.15) is 11.1 Å². The standard InChI is InChI=1S/C13H21NO2S/c1-11-6-4-5-7-12(11)9-17(15)10-13(14-2)8-16-3/h4-7,13-14H,8-10H2,1-3H3. The Labute approximate surface area is 106 Å². The van der Waals surface area contributed by atoms with Gasteiger partial charge in [-0.05, 0) is 25.1 Å². The second kappa shape index (κ2) is 7.58. The van der Waals surface area contributed by atoms with E-state index in [4.69, 9.17) is 4.74 Å². The first-order chi connectivity index (χ1) is 8.17. The highest BCUT2D eigenvalue weighted by molar-refractivity contribution is 7.84. The second-order valence-corrected chi connectivity index (χ2v) is 5.62. The van der Waals surface area contributed by atoms with E-state index in [-0.39, 0.29) is 6.04 Å². The van der Waals surface area contributed by atoms with Crippen molar-refractivity contribution in [2.24, 2.45) is 0 Å². The fourth-order valence-electron chi connectivity index (χ4n) is 1.64. The third-order valence-electron chi connectivity index (χ3n) is 2.74. The van der Waals surface area contributed by atoms with E-state index >= 15 is 0 Å². The molecule has 3 nitrogen and oxygen atoms in total. The summed E-state index contributed by atoms with van der Waals surface area (Å²) in [5.41, 5.74) is 2.37. The summed E-state index contributed by atoms with van der Waals surface area (Å²) in [5.74, 6) is 1.24. The second-order valence-electron chi connectivity index (χ2n) is 4.12. The summed E-state index contributed by atoms with van der Waals surface area (Å²) in [5, 5.41) is 3.12. The molecule has 0 saturated heterocycles. The number of aryl methyl sites for hydroxylation is 1. The van der Waals surface area contributed by atoms with E-state index in [0.29, 0.717) is 18.1 Å². The highest BCUT2D eigenvalue weighted by atomic mass is 32.2. The molecule has 2 unspecified atom stereocenters. The lowest BCUT2D eigenvalue weighted by Crippen LogP contribution is -2.35. The van der Waals surface area contributed by atoms with Crippen molar-refractivity contribution in [3.05, 3.63) is 35.4 Å². The van der Waals surface area contributed by atoms with E-state index in [0.717, 1.165) is 5.56 Å². The molecule has 0 aliphatic carbocycles. The summed E-state index contributed by atoms with van der Waals surface area (Å²) < 4.78 is 17.1. The molecule has 1 aromatic rings. The molecule has 1 N–H and O–H groups in total. The van der Waals surface area contributed by atoms with Crippen molar-refractivity contribution in [2.75, 3.05) is 26.5 Å². The zero-order valence-corrected chi connectivity index (χ0v) is 11.5. The Morgan fingerprint density at radius 3 is 2.71 bits per heavy atom. The Kier molecular flexibility index (Phi) is 6.40. The highest BCUT2D eigenvalue weighted by Crippen LogP contribution is 2.10. The Morgan fingerprint density at radius 2 is 2.12 bits per heavy atom. The van der Waals surface area contributed by atoms with E-state index in [2.05, 4.69) is 18.3 Å². The molecule has 0 aliphatic rings. The number of benzene rings is 1. The van der Waals surface area contributed by atoms with Gasteiger partial charge in [0, 0.05) is 35.5 Å². The molecule has 0 aliphatic heterocycles. The van der Waals surface area contributed by atoms with Gasteiger partial charge in [-0.1, -0.05) is 24.3 Å². The number of nitrogens with one attached hydrogen (secondary N) is 1. The lowest BCUT2D eigenvalue weighted by Gasteiger charge is -2.14. The smallest absolute Gasteiger partial charge is 0.0624 e. The first-order valence-electron chi connectivity index (χ1n) is 5.73. The van der Waals surface area contributed by atoms with Gasteiger partial charge in [-0.15, -0.1) is 0 Å². The monoisotopic (exact) mass is 255 g/mol. The topological polar surface area (TPSA) is 38.3 Å². The van der Waals surface area contributed by atoms with Crippen LogP contribution in [0.25, 0.3) is 0 Å². The molecule has 96 valence electrons. The predicted molar refractivity (Wildman–Crippen MR) is 72.6 cm³/mol. The SMILES string of the molecule is CNC(COC)CS(=O)Cc1ccccc1C. The highest BCUT2D eigenvalue weighted by Gasteiger charge is 2.11. The average Bonchev–Trinajstić information content (AvgIpc) is 2.31. The minimum Gasteiger partial charge on any atom is -0.383 e. The van der Waals surface area contributed by atoms with Gasteiger partial charge in [0.25, 0.3) is 0 Å². The maximum atomic E-state index is 12.0. The summed E-state index contributed by atoms with van der Waals surface area (Å²) >= 11 is 0. The van der Waals surface area contributed by atoms with Crippen molar-refractivity contribution in [3.8, 4) is 0 Å². The first kappa shape index (κ1) is 14.4. The van der Waals surface area contributed by atoms with Crippen molar-refractivity contribution in [2.45, 2.75) is 18.7 Å². The molecular weight excluding hydrogens is 234 g/mol. The number of hydrogen-bond donors (Lipinski definition) is 1. The summed E-state index contributed by atoms with van der Waals surface area (Å²) in [6.45, 7) is 2.65. The first-order valence-corrected chi connectivity index (χ1v) is 7.22. The lowest BCUT2D eigenvalue weighted by atomic mass is 10.1. The summed E-state index contributed by atoms with van der Waals surface area (Å²) in [7, 11) is 2.68. The van der Waals surface area contributed by atoms with Gasteiger partial charge in [0.2, 0.25) is 0 Å².